The van der Waals surface area contributed by atoms with Crippen LogP contribution in [0, 0.1) is 12.7 Å². The number of carbonyl (C=O) groups is 1. The molecule has 134 valence electrons. The van der Waals surface area contributed by atoms with Crippen molar-refractivity contribution in [1.29, 1.82) is 0 Å². The number of hydrogen-bond acceptors (Lipinski definition) is 4. The van der Waals surface area contributed by atoms with E-state index in [0.717, 1.165) is 23.0 Å². The predicted molar refractivity (Wildman–Crippen MR) is 89.4 cm³/mol. The van der Waals surface area contributed by atoms with Gasteiger partial charge in [-0.3, -0.25) is 9.78 Å². The molecule has 0 aliphatic rings. The summed E-state index contributed by atoms with van der Waals surface area (Å²) >= 11 is 1.09. The molecule has 1 aromatic carbocycles. The molecule has 0 fully saturated rings. The molecule has 1 N–H and O–H groups in total. The number of pyridine rings is 1. The van der Waals surface area contributed by atoms with Crippen LogP contribution in [0.2, 0.25) is 0 Å². The van der Waals surface area contributed by atoms with E-state index < -0.39 is 23.5 Å². The van der Waals surface area contributed by atoms with E-state index in [4.69, 9.17) is 0 Å². The maximum atomic E-state index is 13.3. The van der Waals surface area contributed by atoms with Crippen LogP contribution in [0.4, 0.5) is 23.2 Å². The largest absolute Gasteiger partial charge is 0.419 e. The number of benzene rings is 1. The molecule has 3 aromatic rings. The van der Waals surface area contributed by atoms with Crippen LogP contribution >= 0.6 is 11.3 Å². The summed E-state index contributed by atoms with van der Waals surface area (Å²) in [6, 6.07) is 5.80. The Kier molecular flexibility index (Phi) is 4.73. The highest BCUT2D eigenvalue weighted by Gasteiger charge is 2.34. The van der Waals surface area contributed by atoms with Crippen molar-refractivity contribution < 1.29 is 22.4 Å². The topological polar surface area (TPSA) is 54.9 Å². The van der Waals surface area contributed by atoms with E-state index in [1.807, 2.05) is 0 Å². The first kappa shape index (κ1) is 18.0. The van der Waals surface area contributed by atoms with Crippen LogP contribution in [-0.4, -0.2) is 15.9 Å². The van der Waals surface area contributed by atoms with Crippen molar-refractivity contribution >= 4 is 22.9 Å². The zero-order valence-electron chi connectivity index (χ0n) is 13.3. The molecule has 0 bridgehead atoms. The highest BCUT2D eigenvalue weighted by Crippen LogP contribution is 2.33. The third-order valence-corrected chi connectivity index (χ3v) is 4.65. The van der Waals surface area contributed by atoms with Gasteiger partial charge in [0.2, 0.25) is 0 Å². The highest BCUT2D eigenvalue weighted by molar-refractivity contribution is 7.17. The van der Waals surface area contributed by atoms with Crippen LogP contribution in [0.15, 0.2) is 42.7 Å². The van der Waals surface area contributed by atoms with Gasteiger partial charge in [-0.2, -0.15) is 13.2 Å². The van der Waals surface area contributed by atoms with Gasteiger partial charge in [0.1, 0.15) is 15.7 Å². The number of alkyl halides is 3. The lowest BCUT2D eigenvalue weighted by molar-refractivity contribution is -0.139. The fraction of sp³-hybridized carbons (Fsp3) is 0.118. The van der Waals surface area contributed by atoms with Gasteiger partial charge in [-0.15, -0.1) is 11.3 Å². The lowest BCUT2D eigenvalue weighted by Crippen LogP contribution is -2.14. The van der Waals surface area contributed by atoms with Gasteiger partial charge in [-0.05, 0) is 37.3 Å². The number of thiazole rings is 1. The smallest absolute Gasteiger partial charge is 0.321 e. The monoisotopic (exact) mass is 381 g/mol. The van der Waals surface area contributed by atoms with Crippen molar-refractivity contribution in [3.8, 4) is 10.6 Å². The summed E-state index contributed by atoms with van der Waals surface area (Å²) in [5.41, 5.74) is -0.433. The molecule has 26 heavy (non-hydrogen) atoms. The Morgan fingerprint density at radius 1 is 1.23 bits per heavy atom. The second-order valence-electron chi connectivity index (χ2n) is 5.32. The Balaban J connectivity index is 1.86. The summed E-state index contributed by atoms with van der Waals surface area (Å²) in [6.45, 7) is 1.62. The molecule has 0 aliphatic heterocycles. The fourth-order valence-corrected chi connectivity index (χ4v) is 3.18. The number of amides is 1. The first-order valence-electron chi connectivity index (χ1n) is 7.31. The van der Waals surface area contributed by atoms with Gasteiger partial charge in [0, 0.05) is 23.6 Å². The molecule has 4 nitrogen and oxygen atoms in total. The molecule has 0 aliphatic carbocycles. The molecule has 1 amide bonds. The standard InChI is InChI=1S/C17H11F4N3OS/c1-9-14(26-16(23-9)10-3-2-6-22-8-10)15(25)24-11-4-5-13(18)12(7-11)17(19,20)21/h2-8H,1H3,(H,24,25). The van der Waals surface area contributed by atoms with E-state index in [2.05, 4.69) is 15.3 Å². The van der Waals surface area contributed by atoms with Crippen molar-refractivity contribution in [3.05, 3.63) is 64.7 Å². The lowest BCUT2D eigenvalue weighted by atomic mass is 10.1. The molecule has 0 unspecified atom stereocenters. The zero-order chi connectivity index (χ0) is 18.9. The summed E-state index contributed by atoms with van der Waals surface area (Å²) in [4.78, 5) is 20.9. The minimum Gasteiger partial charge on any atom is -0.321 e. The molecule has 9 heteroatoms. The number of hydrogen-bond donors (Lipinski definition) is 1. The molecule has 0 radical (unpaired) electrons. The average molecular weight is 381 g/mol. The predicted octanol–water partition coefficient (Wildman–Crippen LogP) is 4.92. The fourth-order valence-electron chi connectivity index (χ4n) is 2.23. The summed E-state index contributed by atoms with van der Waals surface area (Å²) < 4.78 is 51.7. The first-order chi connectivity index (χ1) is 12.3. The molecule has 2 heterocycles. The number of halogens is 4. The van der Waals surface area contributed by atoms with Gasteiger partial charge in [0.05, 0.1) is 11.3 Å². The van der Waals surface area contributed by atoms with Gasteiger partial charge in [-0.1, -0.05) is 0 Å². The third kappa shape index (κ3) is 3.72. The van der Waals surface area contributed by atoms with Crippen LogP contribution in [0.25, 0.3) is 10.6 Å². The van der Waals surface area contributed by atoms with Gasteiger partial charge < -0.3 is 5.32 Å². The quantitative estimate of drug-likeness (QED) is 0.655. The summed E-state index contributed by atoms with van der Waals surface area (Å²) in [6.07, 6.45) is -1.65. The number of aryl methyl sites for hydroxylation is 1. The molecular formula is C17H11F4N3OS. The second kappa shape index (κ2) is 6.83. The zero-order valence-corrected chi connectivity index (χ0v) is 14.1. The molecule has 2 aromatic heterocycles. The van der Waals surface area contributed by atoms with E-state index >= 15 is 0 Å². The van der Waals surface area contributed by atoms with Gasteiger partial charge in [0.25, 0.3) is 5.91 Å². The summed E-state index contributed by atoms with van der Waals surface area (Å²) in [5, 5.41) is 2.92. The van der Waals surface area contributed by atoms with Crippen LogP contribution in [0.1, 0.15) is 20.9 Å². The second-order valence-corrected chi connectivity index (χ2v) is 6.32. The molecule has 0 spiro atoms. The van der Waals surface area contributed by atoms with Crippen molar-refractivity contribution in [3.63, 3.8) is 0 Å². The SMILES string of the molecule is Cc1nc(-c2cccnc2)sc1C(=O)Nc1ccc(F)c(C(F)(F)F)c1. The van der Waals surface area contributed by atoms with E-state index in [-0.39, 0.29) is 10.6 Å². The molecule has 0 saturated carbocycles. The van der Waals surface area contributed by atoms with Crippen molar-refractivity contribution in [2.75, 3.05) is 5.32 Å². The van der Waals surface area contributed by atoms with Gasteiger partial charge in [-0.25, -0.2) is 9.37 Å². The normalized spacial score (nSPS) is 11.4. The Morgan fingerprint density at radius 3 is 2.65 bits per heavy atom. The molecule has 3 rings (SSSR count). The van der Waals surface area contributed by atoms with Gasteiger partial charge >= 0.3 is 6.18 Å². The van der Waals surface area contributed by atoms with Crippen molar-refractivity contribution in [1.82, 2.24) is 9.97 Å². The van der Waals surface area contributed by atoms with Crippen molar-refractivity contribution in [2.45, 2.75) is 13.1 Å². The maximum Gasteiger partial charge on any atom is 0.419 e. The summed E-state index contributed by atoms with van der Waals surface area (Å²) in [5.74, 6) is -2.02. The van der Waals surface area contributed by atoms with Crippen LogP contribution < -0.4 is 5.32 Å². The first-order valence-corrected chi connectivity index (χ1v) is 8.13. The maximum absolute atomic E-state index is 13.3. The number of carbonyl (C=O) groups excluding carboxylic acids is 1. The van der Waals surface area contributed by atoms with Crippen LogP contribution in [0.5, 0.6) is 0 Å². The third-order valence-electron chi connectivity index (χ3n) is 3.44. The number of aromatic nitrogens is 2. The number of nitrogens with zero attached hydrogens (tertiary/aromatic N) is 2. The summed E-state index contributed by atoms with van der Waals surface area (Å²) in [7, 11) is 0. The molecule has 0 atom stereocenters. The van der Waals surface area contributed by atoms with E-state index in [9.17, 15) is 22.4 Å². The van der Waals surface area contributed by atoms with Crippen molar-refractivity contribution in [2.24, 2.45) is 0 Å². The average Bonchev–Trinajstić information content (AvgIpc) is 2.98. The minimum atomic E-state index is -4.85. The highest BCUT2D eigenvalue weighted by atomic mass is 32.1. The van der Waals surface area contributed by atoms with E-state index in [1.54, 1.807) is 31.5 Å². The molecular weight excluding hydrogens is 370 g/mol. The minimum absolute atomic E-state index is 0.153. The Bertz CT molecular complexity index is 954. The molecule has 0 saturated heterocycles. The number of rotatable bonds is 3. The Morgan fingerprint density at radius 2 is 2.00 bits per heavy atom. The van der Waals surface area contributed by atoms with Crippen LogP contribution in [-0.2, 0) is 6.18 Å². The Labute approximate surface area is 149 Å². The number of nitrogens with one attached hydrogen (secondary N) is 1. The van der Waals surface area contributed by atoms with E-state index in [0.29, 0.717) is 22.8 Å². The Hall–Kier alpha value is -2.81. The van der Waals surface area contributed by atoms with Gasteiger partial charge in [0.15, 0.2) is 0 Å². The lowest BCUT2D eigenvalue weighted by Gasteiger charge is -2.10. The number of anilines is 1. The van der Waals surface area contributed by atoms with E-state index in [1.165, 1.54) is 0 Å². The van der Waals surface area contributed by atoms with Crippen LogP contribution in [0.3, 0.4) is 0 Å².